The molecule has 1 aliphatic rings. The van der Waals surface area contributed by atoms with Gasteiger partial charge in [-0.25, -0.2) is 9.18 Å². The Labute approximate surface area is 140 Å². The first kappa shape index (κ1) is 16.2. The van der Waals surface area contributed by atoms with Gasteiger partial charge in [0.1, 0.15) is 0 Å². The average molecular weight is 329 g/mol. The molecule has 0 spiro atoms. The average Bonchev–Trinajstić information content (AvgIpc) is 2.79. The molecule has 1 aliphatic heterocycles. The molecule has 126 valence electrons. The van der Waals surface area contributed by atoms with Crippen molar-refractivity contribution in [3.63, 3.8) is 0 Å². The molecule has 2 aromatic rings. The Morgan fingerprint density at radius 1 is 1.42 bits per heavy atom. The molecule has 2 amide bonds. The molecule has 1 aromatic heterocycles. The van der Waals surface area contributed by atoms with Crippen LogP contribution < -0.4 is 10.1 Å². The number of urea groups is 1. The van der Waals surface area contributed by atoms with Crippen molar-refractivity contribution in [3.05, 3.63) is 59.7 Å². The fraction of sp³-hybridized carbons (Fsp3) is 0.333. The Bertz CT molecular complexity index is 709. The third-order valence-corrected chi connectivity index (χ3v) is 4.04. The van der Waals surface area contributed by atoms with Gasteiger partial charge in [-0.3, -0.25) is 4.98 Å². The number of aromatic nitrogens is 1. The number of fused-ring (bicyclic) bond motifs is 1. The van der Waals surface area contributed by atoms with Crippen molar-refractivity contribution >= 4 is 6.03 Å². The van der Waals surface area contributed by atoms with Gasteiger partial charge in [0.2, 0.25) is 0 Å². The number of rotatable bonds is 3. The lowest BCUT2D eigenvalue weighted by Crippen LogP contribution is -2.39. The smallest absolute Gasteiger partial charge is 0.317 e. The van der Waals surface area contributed by atoms with Crippen molar-refractivity contribution in [1.82, 2.24) is 15.2 Å². The molecule has 1 atom stereocenters. The van der Waals surface area contributed by atoms with E-state index < -0.39 is 5.82 Å². The summed E-state index contributed by atoms with van der Waals surface area (Å²) in [5.41, 5.74) is 1.64. The number of pyridine rings is 1. The first-order valence-corrected chi connectivity index (χ1v) is 7.97. The van der Waals surface area contributed by atoms with Crippen LogP contribution in [-0.2, 0) is 6.54 Å². The zero-order valence-electron chi connectivity index (χ0n) is 13.5. The number of halogens is 1. The lowest BCUT2D eigenvalue weighted by atomic mass is 10.0. The van der Waals surface area contributed by atoms with Crippen LogP contribution >= 0.6 is 0 Å². The molecule has 0 saturated heterocycles. The molecule has 6 heteroatoms. The van der Waals surface area contributed by atoms with Crippen LogP contribution in [0.25, 0.3) is 0 Å². The molecule has 0 radical (unpaired) electrons. The molecule has 5 nitrogen and oxygen atoms in total. The Kier molecular flexibility index (Phi) is 4.93. The van der Waals surface area contributed by atoms with Crippen LogP contribution in [0.5, 0.6) is 5.75 Å². The van der Waals surface area contributed by atoms with E-state index in [1.807, 2.05) is 12.1 Å². The summed E-state index contributed by atoms with van der Waals surface area (Å²) in [5, 5.41) is 2.98. The van der Waals surface area contributed by atoms with Crippen molar-refractivity contribution in [2.45, 2.75) is 25.4 Å². The second-order valence-corrected chi connectivity index (χ2v) is 5.87. The van der Waals surface area contributed by atoms with E-state index in [0.29, 0.717) is 25.1 Å². The summed E-state index contributed by atoms with van der Waals surface area (Å²) < 4.78 is 19.5. The van der Waals surface area contributed by atoms with Gasteiger partial charge in [-0.1, -0.05) is 18.2 Å². The number of ether oxygens (including phenoxy) is 1. The number of nitrogens with one attached hydrogen (secondary N) is 1. The summed E-state index contributed by atoms with van der Waals surface area (Å²) in [4.78, 5) is 18.1. The number of hydrogen-bond acceptors (Lipinski definition) is 3. The van der Waals surface area contributed by atoms with Crippen LogP contribution in [0, 0.1) is 5.82 Å². The number of carbonyl (C=O) groups excluding carboxylic acids is 1. The number of amides is 2. The second kappa shape index (κ2) is 7.29. The maximum atomic E-state index is 14.0. The molecule has 0 bridgehead atoms. The van der Waals surface area contributed by atoms with E-state index >= 15 is 0 Å². The fourth-order valence-electron chi connectivity index (χ4n) is 2.82. The predicted molar refractivity (Wildman–Crippen MR) is 88.1 cm³/mol. The summed E-state index contributed by atoms with van der Waals surface area (Å²) in [6, 6.07) is 8.10. The number of benzene rings is 1. The van der Waals surface area contributed by atoms with E-state index in [-0.39, 0.29) is 17.8 Å². The third-order valence-electron chi connectivity index (χ3n) is 4.04. The minimum absolute atomic E-state index is 0.207. The Morgan fingerprint density at radius 3 is 3.08 bits per heavy atom. The van der Waals surface area contributed by atoms with E-state index in [9.17, 15) is 9.18 Å². The van der Waals surface area contributed by atoms with Crippen LogP contribution in [0.2, 0.25) is 0 Å². The van der Waals surface area contributed by atoms with E-state index in [1.54, 1.807) is 36.5 Å². The molecule has 0 unspecified atom stereocenters. The van der Waals surface area contributed by atoms with Gasteiger partial charge in [-0.2, -0.15) is 0 Å². The lowest BCUT2D eigenvalue weighted by Gasteiger charge is -2.23. The molecule has 1 aromatic carbocycles. The highest BCUT2D eigenvalue weighted by atomic mass is 19.1. The molecule has 0 saturated carbocycles. The summed E-state index contributed by atoms with van der Waals surface area (Å²) in [5.74, 6) is -0.146. The van der Waals surface area contributed by atoms with Crippen LogP contribution in [0.15, 0.2) is 42.7 Å². The number of hydrogen-bond donors (Lipinski definition) is 1. The van der Waals surface area contributed by atoms with E-state index in [0.717, 1.165) is 12.0 Å². The number of para-hydroxylation sites is 1. The Balaban J connectivity index is 1.71. The van der Waals surface area contributed by atoms with Crippen LogP contribution in [0.4, 0.5) is 9.18 Å². The number of nitrogens with zero attached hydrogens (tertiary/aromatic N) is 2. The lowest BCUT2D eigenvalue weighted by molar-refractivity contribution is 0.202. The Hall–Kier alpha value is -2.63. The van der Waals surface area contributed by atoms with Gasteiger partial charge in [0, 0.05) is 31.5 Å². The molecule has 0 fully saturated rings. The van der Waals surface area contributed by atoms with Gasteiger partial charge in [0.05, 0.1) is 12.6 Å². The maximum absolute atomic E-state index is 14.0. The predicted octanol–water partition coefficient (Wildman–Crippen LogP) is 3.28. The normalized spacial score (nSPS) is 16.5. The highest BCUT2D eigenvalue weighted by Gasteiger charge is 2.24. The number of carbonyl (C=O) groups is 1. The van der Waals surface area contributed by atoms with Crippen LogP contribution in [0.3, 0.4) is 0 Å². The van der Waals surface area contributed by atoms with E-state index in [4.69, 9.17) is 4.74 Å². The molecule has 3 rings (SSSR count). The zero-order chi connectivity index (χ0) is 16.9. The summed E-state index contributed by atoms with van der Waals surface area (Å²) in [6.45, 7) is 0.907. The quantitative estimate of drug-likeness (QED) is 0.940. The molecule has 0 aliphatic carbocycles. The summed E-state index contributed by atoms with van der Waals surface area (Å²) in [6.07, 6.45) is 4.89. The first-order chi connectivity index (χ1) is 11.6. The summed E-state index contributed by atoms with van der Waals surface area (Å²) in [7, 11) is 1.72. The van der Waals surface area contributed by atoms with Gasteiger partial charge in [-0.15, -0.1) is 0 Å². The molecule has 24 heavy (non-hydrogen) atoms. The SMILES string of the molecule is CN(Cc1cccnc1)C(=O)N[C@H]1CCCOc2c(F)cccc21. The largest absolute Gasteiger partial charge is 0.490 e. The summed E-state index contributed by atoms with van der Waals surface area (Å²) >= 11 is 0. The molecule has 2 heterocycles. The van der Waals surface area contributed by atoms with E-state index in [1.165, 1.54) is 6.07 Å². The van der Waals surface area contributed by atoms with Crippen molar-refractivity contribution in [1.29, 1.82) is 0 Å². The highest BCUT2D eigenvalue weighted by Crippen LogP contribution is 2.33. The Morgan fingerprint density at radius 2 is 2.29 bits per heavy atom. The second-order valence-electron chi connectivity index (χ2n) is 5.87. The monoisotopic (exact) mass is 329 g/mol. The van der Waals surface area contributed by atoms with Crippen molar-refractivity contribution in [2.75, 3.05) is 13.7 Å². The topological polar surface area (TPSA) is 54.5 Å². The van der Waals surface area contributed by atoms with Crippen molar-refractivity contribution < 1.29 is 13.9 Å². The van der Waals surface area contributed by atoms with Crippen LogP contribution in [0.1, 0.15) is 30.0 Å². The highest BCUT2D eigenvalue weighted by molar-refractivity contribution is 5.74. The molecular weight excluding hydrogens is 309 g/mol. The van der Waals surface area contributed by atoms with Gasteiger partial charge in [0.15, 0.2) is 11.6 Å². The van der Waals surface area contributed by atoms with Crippen LogP contribution in [-0.4, -0.2) is 29.6 Å². The standard InChI is InChI=1S/C18H20FN3O2/c1-22(12-13-5-3-9-20-11-13)18(23)21-16-8-4-10-24-17-14(16)6-2-7-15(17)19/h2-3,5-7,9,11,16H,4,8,10,12H2,1H3,(H,21,23)/t16-/m0/s1. The fourth-order valence-corrected chi connectivity index (χ4v) is 2.82. The zero-order valence-corrected chi connectivity index (χ0v) is 13.5. The van der Waals surface area contributed by atoms with Crippen molar-refractivity contribution in [2.24, 2.45) is 0 Å². The van der Waals surface area contributed by atoms with Gasteiger partial charge >= 0.3 is 6.03 Å². The van der Waals surface area contributed by atoms with Gasteiger partial charge < -0.3 is 15.0 Å². The molecule has 1 N–H and O–H groups in total. The van der Waals surface area contributed by atoms with E-state index in [2.05, 4.69) is 10.3 Å². The minimum atomic E-state index is -0.391. The van der Waals surface area contributed by atoms with Gasteiger partial charge in [0.25, 0.3) is 0 Å². The van der Waals surface area contributed by atoms with Gasteiger partial charge in [-0.05, 0) is 30.5 Å². The maximum Gasteiger partial charge on any atom is 0.317 e. The third kappa shape index (κ3) is 3.64. The first-order valence-electron chi connectivity index (χ1n) is 7.97. The minimum Gasteiger partial charge on any atom is -0.490 e. The van der Waals surface area contributed by atoms with Crippen molar-refractivity contribution in [3.8, 4) is 5.75 Å². The molecular formula is C18H20FN3O2.